The molecule has 0 aliphatic heterocycles. The van der Waals surface area contributed by atoms with Crippen LogP contribution < -0.4 is 5.32 Å². The Hall–Kier alpha value is -2.93. The van der Waals surface area contributed by atoms with Crippen LogP contribution in [0.15, 0.2) is 53.1 Å². The number of furan rings is 1. The van der Waals surface area contributed by atoms with Gasteiger partial charge in [-0.25, -0.2) is 4.98 Å². The van der Waals surface area contributed by atoms with Crippen LogP contribution in [0.4, 0.5) is 0 Å². The zero-order valence-electron chi connectivity index (χ0n) is 14.6. The van der Waals surface area contributed by atoms with Gasteiger partial charge in [0.25, 0.3) is 5.91 Å². The number of rotatable bonds is 6. The second-order valence-electron chi connectivity index (χ2n) is 5.79. The molecule has 3 aromatic rings. The van der Waals surface area contributed by atoms with E-state index in [-0.39, 0.29) is 18.4 Å². The lowest BCUT2D eigenvalue weighted by Crippen LogP contribution is -2.38. The van der Waals surface area contributed by atoms with Crippen molar-refractivity contribution in [2.45, 2.75) is 13.5 Å². The normalized spacial score (nSPS) is 10.5. The van der Waals surface area contributed by atoms with Crippen LogP contribution in [0.5, 0.6) is 0 Å². The number of carbonyl (C=O) groups is 2. The number of aromatic nitrogens is 1. The zero-order chi connectivity index (χ0) is 18.5. The summed E-state index contributed by atoms with van der Waals surface area (Å²) in [5.41, 5.74) is 1.54. The highest BCUT2D eigenvalue weighted by molar-refractivity contribution is 7.14. The molecule has 0 fully saturated rings. The Bertz CT molecular complexity index is 888. The number of benzene rings is 1. The number of likely N-dealkylation sites (N-methyl/N-ethyl adjacent to an activating group) is 1. The van der Waals surface area contributed by atoms with E-state index in [1.165, 1.54) is 16.2 Å². The molecule has 0 saturated heterocycles. The van der Waals surface area contributed by atoms with E-state index in [1.807, 2.05) is 37.3 Å². The lowest BCUT2D eigenvalue weighted by Gasteiger charge is -2.16. The van der Waals surface area contributed by atoms with Gasteiger partial charge in [0.1, 0.15) is 10.6 Å². The molecule has 2 amide bonds. The largest absolute Gasteiger partial charge is 0.467 e. The van der Waals surface area contributed by atoms with Crippen molar-refractivity contribution < 1.29 is 14.0 Å². The number of nitrogens with zero attached hydrogens (tertiary/aromatic N) is 2. The monoisotopic (exact) mass is 369 g/mol. The van der Waals surface area contributed by atoms with Gasteiger partial charge < -0.3 is 14.6 Å². The number of nitrogens with one attached hydrogen (secondary N) is 1. The molecule has 26 heavy (non-hydrogen) atoms. The Labute approximate surface area is 155 Å². The maximum atomic E-state index is 12.8. The van der Waals surface area contributed by atoms with Gasteiger partial charge in [-0.15, -0.1) is 11.3 Å². The summed E-state index contributed by atoms with van der Waals surface area (Å²) < 4.78 is 5.17. The van der Waals surface area contributed by atoms with Gasteiger partial charge in [-0.1, -0.05) is 30.3 Å². The third-order valence-corrected chi connectivity index (χ3v) is 4.70. The van der Waals surface area contributed by atoms with E-state index in [4.69, 9.17) is 4.42 Å². The SMILES string of the molecule is Cc1nc(-c2ccccc2)c(C(=O)N(C)CC(=O)NCc2ccco2)s1. The Morgan fingerprint density at radius 2 is 1.96 bits per heavy atom. The third-order valence-electron chi connectivity index (χ3n) is 3.74. The predicted octanol–water partition coefficient (Wildman–Crippen LogP) is 3.10. The first kappa shape index (κ1) is 17.9. The molecule has 1 N–H and O–H groups in total. The second-order valence-corrected chi connectivity index (χ2v) is 7.00. The molecule has 6 nitrogen and oxygen atoms in total. The molecule has 1 aromatic carbocycles. The Balaban J connectivity index is 1.68. The molecule has 0 unspecified atom stereocenters. The van der Waals surface area contributed by atoms with Crippen molar-refractivity contribution in [2.24, 2.45) is 0 Å². The van der Waals surface area contributed by atoms with E-state index in [1.54, 1.807) is 25.4 Å². The average molecular weight is 369 g/mol. The van der Waals surface area contributed by atoms with Crippen LogP contribution >= 0.6 is 11.3 Å². The molecule has 3 rings (SSSR count). The number of hydrogen-bond acceptors (Lipinski definition) is 5. The highest BCUT2D eigenvalue weighted by atomic mass is 32.1. The molecule has 0 radical (unpaired) electrons. The van der Waals surface area contributed by atoms with Crippen LogP contribution in [0.1, 0.15) is 20.4 Å². The van der Waals surface area contributed by atoms with Crippen LogP contribution in [0.3, 0.4) is 0 Å². The average Bonchev–Trinajstić information content (AvgIpc) is 3.29. The Kier molecular flexibility index (Phi) is 5.48. The minimum absolute atomic E-state index is 0.0370. The fourth-order valence-corrected chi connectivity index (χ4v) is 3.41. The predicted molar refractivity (Wildman–Crippen MR) is 99.8 cm³/mol. The summed E-state index contributed by atoms with van der Waals surface area (Å²) >= 11 is 1.34. The molecule has 0 aliphatic carbocycles. The molecule has 2 heterocycles. The quantitative estimate of drug-likeness (QED) is 0.724. The van der Waals surface area contributed by atoms with Gasteiger partial charge in [0.15, 0.2) is 0 Å². The minimum atomic E-state index is -0.250. The Morgan fingerprint density at radius 1 is 1.19 bits per heavy atom. The number of hydrogen-bond donors (Lipinski definition) is 1. The standard InChI is InChI=1S/C19H19N3O3S/c1-13-21-17(14-7-4-3-5-8-14)18(26-13)19(24)22(2)12-16(23)20-11-15-9-6-10-25-15/h3-10H,11-12H2,1-2H3,(H,20,23). The van der Waals surface area contributed by atoms with Crippen LogP contribution in [0.2, 0.25) is 0 Å². The molecule has 0 bridgehead atoms. The lowest BCUT2D eigenvalue weighted by atomic mass is 10.1. The molecule has 2 aromatic heterocycles. The van der Waals surface area contributed by atoms with Crippen molar-refractivity contribution in [3.8, 4) is 11.3 Å². The maximum absolute atomic E-state index is 12.8. The zero-order valence-corrected chi connectivity index (χ0v) is 15.4. The summed E-state index contributed by atoms with van der Waals surface area (Å²) in [7, 11) is 1.61. The van der Waals surface area contributed by atoms with E-state index in [9.17, 15) is 9.59 Å². The minimum Gasteiger partial charge on any atom is -0.467 e. The van der Waals surface area contributed by atoms with Crippen molar-refractivity contribution in [1.82, 2.24) is 15.2 Å². The lowest BCUT2D eigenvalue weighted by molar-refractivity contribution is -0.121. The van der Waals surface area contributed by atoms with Gasteiger partial charge in [0, 0.05) is 12.6 Å². The van der Waals surface area contributed by atoms with Gasteiger partial charge in [0.05, 0.1) is 30.1 Å². The van der Waals surface area contributed by atoms with E-state index in [0.29, 0.717) is 22.9 Å². The van der Waals surface area contributed by atoms with Crippen LogP contribution in [0.25, 0.3) is 11.3 Å². The van der Waals surface area contributed by atoms with Crippen LogP contribution in [0, 0.1) is 6.92 Å². The van der Waals surface area contributed by atoms with E-state index in [0.717, 1.165) is 10.6 Å². The van der Waals surface area contributed by atoms with Crippen molar-refractivity contribution in [3.05, 3.63) is 64.4 Å². The number of thiazole rings is 1. The van der Waals surface area contributed by atoms with Gasteiger partial charge in [-0.3, -0.25) is 9.59 Å². The van der Waals surface area contributed by atoms with Crippen molar-refractivity contribution in [2.75, 3.05) is 13.6 Å². The molecule has 134 valence electrons. The first-order valence-electron chi connectivity index (χ1n) is 8.12. The van der Waals surface area contributed by atoms with Gasteiger partial charge >= 0.3 is 0 Å². The molecule has 0 spiro atoms. The molecule has 0 atom stereocenters. The van der Waals surface area contributed by atoms with Crippen LogP contribution in [-0.2, 0) is 11.3 Å². The number of amides is 2. The third kappa shape index (κ3) is 4.18. The maximum Gasteiger partial charge on any atom is 0.266 e. The van der Waals surface area contributed by atoms with E-state index < -0.39 is 0 Å². The van der Waals surface area contributed by atoms with Gasteiger partial charge in [-0.05, 0) is 19.1 Å². The topological polar surface area (TPSA) is 75.4 Å². The van der Waals surface area contributed by atoms with Gasteiger partial charge in [-0.2, -0.15) is 0 Å². The summed E-state index contributed by atoms with van der Waals surface area (Å²) in [6.45, 7) is 2.12. The summed E-state index contributed by atoms with van der Waals surface area (Å²) in [4.78, 5) is 31.3. The van der Waals surface area contributed by atoms with Crippen molar-refractivity contribution in [3.63, 3.8) is 0 Å². The summed E-state index contributed by atoms with van der Waals surface area (Å²) in [6.07, 6.45) is 1.55. The fourth-order valence-electron chi connectivity index (χ4n) is 2.48. The molecular weight excluding hydrogens is 350 g/mol. The van der Waals surface area contributed by atoms with Crippen molar-refractivity contribution >= 4 is 23.2 Å². The summed E-state index contributed by atoms with van der Waals surface area (Å²) in [6, 6.07) is 13.1. The fraction of sp³-hybridized carbons (Fsp3) is 0.211. The number of aryl methyl sites for hydroxylation is 1. The Morgan fingerprint density at radius 3 is 2.65 bits per heavy atom. The van der Waals surface area contributed by atoms with Crippen LogP contribution in [-0.4, -0.2) is 35.3 Å². The van der Waals surface area contributed by atoms with E-state index in [2.05, 4.69) is 10.3 Å². The van der Waals surface area contributed by atoms with Crippen molar-refractivity contribution in [1.29, 1.82) is 0 Å². The highest BCUT2D eigenvalue weighted by Gasteiger charge is 2.22. The number of carbonyl (C=O) groups excluding carboxylic acids is 2. The molecular formula is C19H19N3O3S. The smallest absolute Gasteiger partial charge is 0.266 e. The second kappa shape index (κ2) is 7.97. The van der Waals surface area contributed by atoms with E-state index >= 15 is 0 Å². The summed E-state index contributed by atoms with van der Waals surface area (Å²) in [5.74, 6) is 0.194. The first-order chi connectivity index (χ1) is 12.5. The highest BCUT2D eigenvalue weighted by Crippen LogP contribution is 2.28. The summed E-state index contributed by atoms with van der Waals surface area (Å²) in [5, 5.41) is 3.54. The first-order valence-corrected chi connectivity index (χ1v) is 8.93. The molecule has 0 saturated carbocycles. The van der Waals surface area contributed by atoms with Gasteiger partial charge in [0.2, 0.25) is 5.91 Å². The molecule has 0 aliphatic rings. The molecule has 7 heteroatoms.